The van der Waals surface area contributed by atoms with E-state index in [1.807, 2.05) is 6.21 Å². The minimum Gasteiger partial charge on any atom is -0.399 e. The Morgan fingerprint density at radius 2 is 1.79 bits per heavy atom. The largest absolute Gasteiger partial charge is 0.399 e. The van der Waals surface area contributed by atoms with Gasteiger partial charge in [-0.2, -0.15) is 5.26 Å². The zero-order valence-corrected chi connectivity index (χ0v) is 9.04. The van der Waals surface area contributed by atoms with Crippen molar-refractivity contribution in [2.45, 2.75) is 51.4 Å². The Labute approximate surface area is 86.7 Å². The molecule has 0 aromatic rings. The summed E-state index contributed by atoms with van der Waals surface area (Å²) in [5.41, 5.74) is 0. The maximum absolute atomic E-state index is 8.31. The summed E-state index contributed by atoms with van der Waals surface area (Å²) in [6.07, 6.45) is 10.7. The van der Waals surface area contributed by atoms with Gasteiger partial charge in [-0.3, -0.25) is 0 Å². The average Bonchev–Trinajstić information content (AvgIpc) is 2.21. The van der Waals surface area contributed by atoms with Crippen molar-refractivity contribution in [3.05, 3.63) is 0 Å². The number of hydrogen-bond acceptors (Lipinski definition) is 3. The molecule has 0 aliphatic rings. The molecule has 3 heteroatoms. The van der Waals surface area contributed by atoms with E-state index in [0.717, 1.165) is 12.8 Å². The summed E-state index contributed by atoms with van der Waals surface area (Å²) in [5.74, 6) is 0. The van der Waals surface area contributed by atoms with Gasteiger partial charge in [0.1, 0.15) is 7.11 Å². The van der Waals surface area contributed by atoms with E-state index in [-0.39, 0.29) is 0 Å². The molecule has 80 valence electrons. The molecular formula is C11H20N2O. The third-order valence-corrected chi connectivity index (χ3v) is 2.05. The van der Waals surface area contributed by atoms with Crippen molar-refractivity contribution >= 4 is 6.21 Å². The lowest BCUT2D eigenvalue weighted by molar-refractivity contribution is 0.214. The van der Waals surface area contributed by atoms with Crippen LogP contribution in [0.3, 0.4) is 0 Å². The molecule has 0 aromatic carbocycles. The molecule has 0 heterocycles. The summed E-state index contributed by atoms with van der Waals surface area (Å²) in [6.45, 7) is 0. The minimum absolute atomic E-state index is 0.709. The highest BCUT2D eigenvalue weighted by molar-refractivity contribution is 5.55. The number of nitriles is 1. The third kappa shape index (κ3) is 11.0. The summed E-state index contributed by atoms with van der Waals surface area (Å²) in [6, 6.07) is 2.16. The Morgan fingerprint density at radius 1 is 1.14 bits per heavy atom. The molecule has 0 rings (SSSR count). The fourth-order valence-corrected chi connectivity index (χ4v) is 1.27. The molecule has 0 saturated heterocycles. The van der Waals surface area contributed by atoms with Crippen molar-refractivity contribution in [2.24, 2.45) is 5.16 Å². The number of nitrogens with zero attached hydrogens (tertiary/aromatic N) is 2. The van der Waals surface area contributed by atoms with Crippen molar-refractivity contribution in [1.29, 1.82) is 5.26 Å². The van der Waals surface area contributed by atoms with E-state index in [2.05, 4.69) is 16.1 Å². The van der Waals surface area contributed by atoms with Gasteiger partial charge in [0.2, 0.25) is 0 Å². The molecule has 0 fully saturated rings. The zero-order valence-electron chi connectivity index (χ0n) is 9.04. The molecule has 0 atom stereocenters. The van der Waals surface area contributed by atoms with Crippen molar-refractivity contribution in [2.75, 3.05) is 7.11 Å². The van der Waals surface area contributed by atoms with Gasteiger partial charge in [0, 0.05) is 12.6 Å². The van der Waals surface area contributed by atoms with Gasteiger partial charge in [-0.1, -0.05) is 30.8 Å². The van der Waals surface area contributed by atoms with Gasteiger partial charge >= 0.3 is 0 Å². The standard InChI is InChI=1S/C11H20N2O/c1-14-13-11-9-7-5-3-2-4-6-8-10-12/h11H,2-9H2,1H3. The van der Waals surface area contributed by atoms with E-state index in [9.17, 15) is 0 Å². The summed E-state index contributed by atoms with van der Waals surface area (Å²) < 4.78 is 0. The SMILES string of the molecule is CON=CCCCCCCCCC#N. The monoisotopic (exact) mass is 196 g/mol. The number of unbranched alkanes of at least 4 members (excludes halogenated alkanes) is 7. The van der Waals surface area contributed by atoms with Gasteiger partial charge in [-0.25, -0.2) is 0 Å². The number of oxime groups is 1. The number of rotatable bonds is 9. The molecule has 3 nitrogen and oxygen atoms in total. The number of hydrogen-bond donors (Lipinski definition) is 0. The molecule has 0 radical (unpaired) electrons. The fraction of sp³-hybridized carbons (Fsp3) is 0.818. The normalized spacial score (nSPS) is 10.3. The second-order valence-corrected chi connectivity index (χ2v) is 3.29. The Morgan fingerprint density at radius 3 is 2.43 bits per heavy atom. The van der Waals surface area contributed by atoms with E-state index in [4.69, 9.17) is 5.26 Å². The Balaban J connectivity index is 2.92. The van der Waals surface area contributed by atoms with Crippen molar-refractivity contribution in [1.82, 2.24) is 0 Å². The van der Waals surface area contributed by atoms with E-state index in [0.29, 0.717) is 6.42 Å². The van der Waals surface area contributed by atoms with Crippen molar-refractivity contribution in [3.8, 4) is 6.07 Å². The summed E-state index contributed by atoms with van der Waals surface area (Å²) >= 11 is 0. The molecule has 0 spiro atoms. The maximum atomic E-state index is 8.31. The van der Waals surface area contributed by atoms with Crippen LogP contribution >= 0.6 is 0 Å². The van der Waals surface area contributed by atoms with Crippen LogP contribution in [0.5, 0.6) is 0 Å². The van der Waals surface area contributed by atoms with Gasteiger partial charge in [0.05, 0.1) is 6.07 Å². The lowest BCUT2D eigenvalue weighted by atomic mass is 10.1. The first-order valence-corrected chi connectivity index (χ1v) is 5.33. The first-order chi connectivity index (χ1) is 6.91. The van der Waals surface area contributed by atoms with Crippen LogP contribution in [0, 0.1) is 11.3 Å². The molecule has 0 aliphatic heterocycles. The lowest BCUT2D eigenvalue weighted by Gasteiger charge is -1.97. The van der Waals surface area contributed by atoms with Crippen molar-refractivity contribution < 1.29 is 4.84 Å². The first-order valence-electron chi connectivity index (χ1n) is 5.33. The smallest absolute Gasteiger partial charge is 0.106 e. The first kappa shape index (κ1) is 13.0. The van der Waals surface area contributed by atoms with Crippen LogP contribution in [0.25, 0.3) is 0 Å². The predicted molar refractivity (Wildman–Crippen MR) is 58.1 cm³/mol. The van der Waals surface area contributed by atoms with E-state index in [1.165, 1.54) is 32.1 Å². The Kier molecular flexibility index (Phi) is 11.1. The lowest BCUT2D eigenvalue weighted by Crippen LogP contribution is -1.82. The molecule has 0 aliphatic carbocycles. The summed E-state index contributed by atoms with van der Waals surface area (Å²) in [4.78, 5) is 4.55. The minimum atomic E-state index is 0.709. The Bertz CT molecular complexity index is 173. The van der Waals surface area contributed by atoms with Crippen LogP contribution in [-0.2, 0) is 4.84 Å². The maximum Gasteiger partial charge on any atom is 0.106 e. The second-order valence-electron chi connectivity index (χ2n) is 3.29. The van der Waals surface area contributed by atoms with Crippen LogP contribution in [0.4, 0.5) is 0 Å². The van der Waals surface area contributed by atoms with Crippen LogP contribution in [0.15, 0.2) is 5.16 Å². The van der Waals surface area contributed by atoms with Crippen LogP contribution in [-0.4, -0.2) is 13.3 Å². The van der Waals surface area contributed by atoms with Crippen LogP contribution in [0.2, 0.25) is 0 Å². The Hall–Kier alpha value is -1.04. The van der Waals surface area contributed by atoms with E-state index < -0.39 is 0 Å². The highest BCUT2D eigenvalue weighted by Crippen LogP contribution is 2.07. The topological polar surface area (TPSA) is 45.4 Å². The molecule has 0 saturated carbocycles. The molecule has 0 unspecified atom stereocenters. The molecular weight excluding hydrogens is 176 g/mol. The molecule has 0 amide bonds. The molecule has 0 N–H and O–H groups in total. The molecule has 0 aromatic heterocycles. The second kappa shape index (κ2) is 12.0. The molecule has 0 bridgehead atoms. The van der Waals surface area contributed by atoms with Crippen molar-refractivity contribution in [3.63, 3.8) is 0 Å². The van der Waals surface area contributed by atoms with E-state index >= 15 is 0 Å². The summed E-state index contributed by atoms with van der Waals surface area (Å²) in [7, 11) is 1.56. The van der Waals surface area contributed by atoms with E-state index in [1.54, 1.807) is 7.11 Å². The highest BCUT2D eigenvalue weighted by Gasteiger charge is 1.90. The van der Waals surface area contributed by atoms with Gasteiger partial charge in [-0.15, -0.1) is 0 Å². The zero-order chi connectivity index (χ0) is 10.5. The van der Waals surface area contributed by atoms with Crippen LogP contribution < -0.4 is 0 Å². The molecule has 14 heavy (non-hydrogen) atoms. The highest BCUT2D eigenvalue weighted by atomic mass is 16.6. The fourth-order valence-electron chi connectivity index (χ4n) is 1.27. The summed E-state index contributed by atoms with van der Waals surface area (Å²) in [5, 5.41) is 12.0. The van der Waals surface area contributed by atoms with Gasteiger partial charge in [-0.05, 0) is 19.3 Å². The van der Waals surface area contributed by atoms with Gasteiger partial charge in [0.25, 0.3) is 0 Å². The van der Waals surface area contributed by atoms with Gasteiger partial charge < -0.3 is 4.84 Å². The quantitative estimate of drug-likeness (QED) is 0.323. The average molecular weight is 196 g/mol. The third-order valence-electron chi connectivity index (χ3n) is 2.05. The predicted octanol–water partition coefficient (Wildman–Crippen LogP) is 3.26. The van der Waals surface area contributed by atoms with Gasteiger partial charge in [0.15, 0.2) is 0 Å². The van der Waals surface area contributed by atoms with Crippen LogP contribution in [0.1, 0.15) is 51.4 Å².